The van der Waals surface area contributed by atoms with E-state index < -0.39 is 12.5 Å². The van der Waals surface area contributed by atoms with Crippen molar-refractivity contribution < 1.29 is 23.0 Å². The van der Waals surface area contributed by atoms with Gasteiger partial charge in [-0.3, -0.25) is 0 Å². The van der Waals surface area contributed by atoms with Gasteiger partial charge in [-0.05, 0) is 43.0 Å². The molecule has 168 valence electrons. The number of nitrogens with two attached hydrogens (primary N) is 1. The van der Waals surface area contributed by atoms with Gasteiger partial charge in [-0.15, -0.1) is 0 Å². The summed E-state index contributed by atoms with van der Waals surface area (Å²) in [6.07, 6.45) is 4.42. The Morgan fingerprint density at radius 1 is 1.28 bits per heavy atom. The quantitative estimate of drug-likeness (QED) is 0.411. The second kappa shape index (κ2) is 9.07. The van der Waals surface area contributed by atoms with Crippen molar-refractivity contribution in [3.8, 4) is 17.1 Å². The van der Waals surface area contributed by atoms with E-state index in [1.54, 1.807) is 18.2 Å². The minimum Gasteiger partial charge on any atom is -0.490 e. The molecule has 3 aromatic rings. The van der Waals surface area contributed by atoms with Crippen molar-refractivity contribution in [1.82, 2.24) is 19.7 Å². The molecule has 0 radical (unpaired) electrons. The Hall–Kier alpha value is -3.27. The van der Waals surface area contributed by atoms with E-state index in [9.17, 15) is 13.6 Å². The predicted octanol–water partition coefficient (Wildman–Crippen LogP) is 4.28. The Kier molecular flexibility index (Phi) is 6.22. The van der Waals surface area contributed by atoms with Crippen molar-refractivity contribution in [2.24, 2.45) is 0 Å². The van der Waals surface area contributed by atoms with Crippen LogP contribution in [0.25, 0.3) is 11.4 Å². The van der Waals surface area contributed by atoms with Gasteiger partial charge in [0.1, 0.15) is 16.6 Å². The number of rotatable bonds is 7. The van der Waals surface area contributed by atoms with E-state index in [4.69, 9.17) is 26.8 Å². The lowest BCUT2D eigenvalue weighted by Crippen LogP contribution is -2.25. The first-order valence-corrected chi connectivity index (χ1v) is 10.3. The maximum atomic E-state index is 13.4. The van der Waals surface area contributed by atoms with Gasteiger partial charge in [0, 0.05) is 24.2 Å². The van der Waals surface area contributed by atoms with Crippen molar-refractivity contribution in [3.63, 3.8) is 0 Å². The van der Waals surface area contributed by atoms with Crippen molar-refractivity contribution >= 4 is 23.5 Å². The minimum absolute atomic E-state index is 0.0618. The van der Waals surface area contributed by atoms with Gasteiger partial charge < -0.3 is 15.2 Å². The number of anilines is 1. The zero-order chi connectivity index (χ0) is 22.8. The summed E-state index contributed by atoms with van der Waals surface area (Å²) >= 11 is 5.97. The van der Waals surface area contributed by atoms with Gasteiger partial charge >= 0.3 is 12.5 Å². The second-order valence-corrected chi connectivity index (χ2v) is 7.74. The largest absolute Gasteiger partial charge is 0.490 e. The van der Waals surface area contributed by atoms with E-state index in [-0.39, 0.29) is 35.0 Å². The van der Waals surface area contributed by atoms with Crippen LogP contribution in [0.1, 0.15) is 47.3 Å². The number of carbonyl (C=O) groups is 1. The lowest BCUT2D eigenvalue weighted by atomic mass is 9.95. The highest BCUT2D eigenvalue weighted by atomic mass is 35.5. The van der Waals surface area contributed by atoms with E-state index in [1.807, 2.05) is 0 Å². The van der Waals surface area contributed by atoms with Crippen LogP contribution in [-0.2, 0) is 11.2 Å². The fourth-order valence-corrected chi connectivity index (χ4v) is 3.57. The molecule has 4 rings (SSSR count). The maximum Gasteiger partial charge on any atom is 0.337 e. The number of carbonyl (C=O) groups excluding carboxylic acids is 1. The molecule has 0 amide bonds. The Morgan fingerprint density at radius 3 is 2.69 bits per heavy atom. The minimum atomic E-state index is -2.86. The van der Waals surface area contributed by atoms with Crippen LogP contribution in [0, 0.1) is 0 Å². The Morgan fingerprint density at radius 2 is 2.06 bits per heavy atom. The molecule has 11 heteroatoms. The summed E-state index contributed by atoms with van der Waals surface area (Å²) in [5.41, 5.74) is 7.44. The molecule has 32 heavy (non-hydrogen) atoms. The molecule has 0 saturated heterocycles. The number of hydrogen-bond acceptors (Lipinski definition) is 7. The lowest BCUT2D eigenvalue weighted by Gasteiger charge is -2.27. The fourth-order valence-electron chi connectivity index (χ4n) is 3.38. The van der Waals surface area contributed by atoms with Crippen LogP contribution in [0.4, 0.5) is 14.7 Å². The number of aromatic nitrogens is 4. The summed E-state index contributed by atoms with van der Waals surface area (Å²) < 4.78 is 38.3. The molecule has 0 atom stereocenters. The van der Waals surface area contributed by atoms with Crippen LogP contribution in [-0.4, -0.2) is 38.9 Å². The molecule has 1 fully saturated rings. The normalized spacial score (nSPS) is 13.8. The van der Waals surface area contributed by atoms with Crippen LogP contribution in [0.5, 0.6) is 5.75 Å². The summed E-state index contributed by atoms with van der Waals surface area (Å²) in [5.74, 6) is -0.0506. The topological polar surface area (TPSA) is 105 Å². The summed E-state index contributed by atoms with van der Waals surface area (Å²) in [7, 11) is 1.29. The van der Waals surface area contributed by atoms with Gasteiger partial charge in [0.05, 0.1) is 24.5 Å². The first-order valence-electron chi connectivity index (χ1n) is 9.88. The number of hydrogen-bond donors (Lipinski definition) is 1. The second-order valence-electron chi connectivity index (χ2n) is 7.36. The smallest absolute Gasteiger partial charge is 0.337 e. The molecule has 0 spiro atoms. The third kappa shape index (κ3) is 4.64. The molecule has 2 heterocycles. The Bertz CT molecular complexity index is 1130. The third-order valence-electron chi connectivity index (χ3n) is 5.17. The van der Waals surface area contributed by atoms with Crippen LogP contribution in [0.3, 0.4) is 0 Å². The first-order chi connectivity index (χ1) is 15.3. The SMILES string of the molecule is COC(=O)c1ccc(OC2CCC2)c(Cc2cn(C(F)F)nc2-c2cc(Cl)nc(N)n2)c1. The van der Waals surface area contributed by atoms with Crippen LogP contribution >= 0.6 is 11.6 Å². The number of alkyl halides is 2. The van der Waals surface area contributed by atoms with Gasteiger partial charge in [-0.2, -0.15) is 13.9 Å². The number of methoxy groups -OCH3 is 1. The molecule has 1 aromatic carbocycles. The molecular formula is C21H20ClF2N5O3. The van der Waals surface area contributed by atoms with Crippen molar-refractivity contribution in [1.29, 1.82) is 0 Å². The third-order valence-corrected chi connectivity index (χ3v) is 5.36. The zero-order valence-electron chi connectivity index (χ0n) is 17.1. The first kappa shape index (κ1) is 21.9. The maximum absolute atomic E-state index is 13.4. The molecule has 0 bridgehead atoms. The number of nitrogen functional groups attached to an aromatic ring is 1. The monoisotopic (exact) mass is 463 g/mol. The Labute approximate surface area is 187 Å². The average Bonchev–Trinajstić information content (AvgIpc) is 3.14. The van der Waals surface area contributed by atoms with Crippen LogP contribution in [0.15, 0.2) is 30.5 Å². The molecule has 1 aliphatic rings. The standard InChI is InChI=1S/C21H20ClF2N5O3/c1-31-19(30)11-5-6-16(32-14-3-2-4-14)12(7-11)8-13-10-29(20(23)24)28-18(13)15-9-17(22)27-21(25)26-15/h5-7,9-10,14,20H,2-4,8H2,1H3,(H2,25,26,27). The van der Waals surface area contributed by atoms with Crippen LogP contribution in [0.2, 0.25) is 5.15 Å². The van der Waals surface area contributed by atoms with E-state index >= 15 is 0 Å². The number of halogens is 3. The van der Waals surface area contributed by atoms with E-state index in [1.165, 1.54) is 19.4 Å². The fraction of sp³-hybridized carbons (Fsp3) is 0.333. The van der Waals surface area contributed by atoms with Gasteiger partial charge in [-0.25, -0.2) is 19.4 Å². The molecule has 2 N–H and O–H groups in total. The van der Waals surface area contributed by atoms with E-state index in [0.717, 1.165) is 19.3 Å². The van der Waals surface area contributed by atoms with Crippen molar-refractivity contribution in [3.05, 3.63) is 52.3 Å². The highest BCUT2D eigenvalue weighted by molar-refractivity contribution is 6.29. The lowest BCUT2D eigenvalue weighted by molar-refractivity contribution is 0.0566. The molecule has 1 aliphatic carbocycles. The number of esters is 1. The molecule has 0 unspecified atom stereocenters. The number of benzene rings is 1. The number of nitrogens with zero attached hydrogens (tertiary/aromatic N) is 4. The van der Waals surface area contributed by atoms with Crippen molar-refractivity contribution in [2.75, 3.05) is 12.8 Å². The number of ether oxygens (including phenoxy) is 2. The molecule has 2 aromatic heterocycles. The molecule has 0 aliphatic heterocycles. The predicted molar refractivity (Wildman–Crippen MR) is 113 cm³/mol. The summed E-state index contributed by atoms with van der Waals surface area (Å²) in [4.78, 5) is 19.9. The zero-order valence-corrected chi connectivity index (χ0v) is 17.9. The average molecular weight is 464 g/mol. The van der Waals surface area contributed by atoms with Crippen molar-refractivity contribution in [2.45, 2.75) is 38.3 Å². The van der Waals surface area contributed by atoms with Gasteiger partial charge in [-0.1, -0.05) is 11.6 Å². The summed E-state index contributed by atoms with van der Waals surface area (Å²) in [5, 5.41) is 4.04. The van der Waals surface area contributed by atoms with Gasteiger partial charge in [0.25, 0.3) is 0 Å². The summed E-state index contributed by atoms with van der Waals surface area (Å²) in [6.45, 7) is -2.86. The van der Waals surface area contributed by atoms with Gasteiger partial charge in [0.15, 0.2) is 0 Å². The molecule has 1 saturated carbocycles. The molecule has 8 nitrogen and oxygen atoms in total. The molecular weight excluding hydrogens is 444 g/mol. The highest BCUT2D eigenvalue weighted by Crippen LogP contribution is 2.33. The van der Waals surface area contributed by atoms with E-state index in [0.29, 0.717) is 27.1 Å². The van der Waals surface area contributed by atoms with E-state index in [2.05, 4.69) is 15.1 Å². The van der Waals surface area contributed by atoms with Crippen LogP contribution < -0.4 is 10.5 Å². The summed E-state index contributed by atoms with van der Waals surface area (Å²) in [6, 6.07) is 6.33. The van der Waals surface area contributed by atoms with Gasteiger partial charge in [0.2, 0.25) is 5.95 Å². The highest BCUT2D eigenvalue weighted by Gasteiger charge is 2.23. The Balaban J connectivity index is 1.77.